The van der Waals surface area contributed by atoms with Crippen LogP contribution in [0.3, 0.4) is 0 Å². The van der Waals surface area contributed by atoms with Crippen molar-refractivity contribution in [2.45, 2.75) is 12.8 Å². The fraction of sp³-hybridized carbons (Fsp3) is 0.0952. The summed E-state index contributed by atoms with van der Waals surface area (Å²) in [5, 5.41) is 1.15. The molecule has 0 aliphatic carbocycles. The highest BCUT2D eigenvalue weighted by Gasteiger charge is 2.15. The summed E-state index contributed by atoms with van der Waals surface area (Å²) in [5.41, 5.74) is 3.05. The highest BCUT2D eigenvalue weighted by molar-refractivity contribution is 6.31. The van der Waals surface area contributed by atoms with Gasteiger partial charge in [-0.25, -0.2) is 9.37 Å². The third-order valence-corrected chi connectivity index (χ3v) is 4.64. The summed E-state index contributed by atoms with van der Waals surface area (Å²) in [6.07, 6.45) is 5.86. The van der Waals surface area contributed by atoms with Crippen LogP contribution in [-0.2, 0) is 12.8 Å². The lowest BCUT2D eigenvalue weighted by atomic mass is 10.0. The number of hydrogen-bond donors (Lipinski definition) is 1. The van der Waals surface area contributed by atoms with Gasteiger partial charge in [0.25, 0.3) is 0 Å². The molecule has 27 heavy (non-hydrogen) atoms. The van der Waals surface area contributed by atoms with Gasteiger partial charge in [0.1, 0.15) is 11.5 Å². The molecule has 0 radical (unpaired) electrons. The highest BCUT2D eigenvalue weighted by atomic mass is 35.5. The molecule has 0 unspecified atom stereocenters. The molecule has 4 aromatic rings. The molecular formula is C21H15ClFN3O. The number of halogens is 2. The SMILES string of the molecule is O=C(c1ccc(CCc2ccccc2F)nc1)c1c[nH]c2ncc(Cl)cc12. The van der Waals surface area contributed by atoms with Gasteiger partial charge in [0.2, 0.25) is 0 Å². The normalized spacial score (nSPS) is 11.0. The van der Waals surface area contributed by atoms with E-state index in [0.29, 0.717) is 45.6 Å². The van der Waals surface area contributed by atoms with Crippen molar-refractivity contribution in [3.8, 4) is 0 Å². The molecule has 0 atom stereocenters. The predicted octanol–water partition coefficient (Wildman–Crippen LogP) is 4.77. The lowest BCUT2D eigenvalue weighted by Gasteiger charge is -2.04. The molecule has 0 spiro atoms. The van der Waals surface area contributed by atoms with Gasteiger partial charge >= 0.3 is 0 Å². The van der Waals surface area contributed by atoms with Crippen LogP contribution in [0, 0.1) is 5.82 Å². The molecule has 0 fully saturated rings. The first-order valence-electron chi connectivity index (χ1n) is 8.47. The van der Waals surface area contributed by atoms with Crippen LogP contribution in [0.4, 0.5) is 4.39 Å². The smallest absolute Gasteiger partial charge is 0.196 e. The molecule has 3 aromatic heterocycles. The van der Waals surface area contributed by atoms with Gasteiger partial charge in [-0.15, -0.1) is 0 Å². The molecule has 6 heteroatoms. The molecule has 134 valence electrons. The standard InChI is InChI=1S/C21H15ClFN3O/c22-15-9-17-18(12-26-21(17)25-11-15)20(27)14-6-8-16(24-10-14)7-5-13-3-1-2-4-19(13)23/h1-4,6,8-12H,5,7H2,(H,25,26). The minimum Gasteiger partial charge on any atom is -0.345 e. The molecule has 0 saturated carbocycles. The van der Waals surface area contributed by atoms with Gasteiger partial charge in [-0.2, -0.15) is 0 Å². The van der Waals surface area contributed by atoms with Crippen molar-refractivity contribution in [1.82, 2.24) is 15.0 Å². The van der Waals surface area contributed by atoms with E-state index in [1.807, 2.05) is 6.07 Å². The lowest BCUT2D eigenvalue weighted by molar-refractivity contribution is 0.104. The van der Waals surface area contributed by atoms with Crippen LogP contribution in [0.25, 0.3) is 11.0 Å². The fourth-order valence-electron chi connectivity index (χ4n) is 2.99. The average Bonchev–Trinajstić information content (AvgIpc) is 3.10. The van der Waals surface area contributed by atoms with E-state index in [9.17, 15) is 9.18 Å². The molecule has 0 bridgehead atoms. The van der Waals surface area contributed by atoms with Gasteiger partial charge < -0.3 is 4.98 Å². The first-order chi connectivity index (χ1) is 13.1. The Morgan fingerprint density at radius 1 is 1.07 bits per heavy atom. The zero-order valence-corrected chi connectivity index (χ0v) is 15.0. The maximum Gasteiger partial charge on any atom is 0.196 e. The molecule has 0 aliphatic heterocycles. The number of aryl methyl sites for hydroxylation is 2. The fourth-order valence-corrected chi connectivity index (χ4v) is 3.15. The number of nitrogens with one attached hydrogen (secondary N) is 1. The summed E-state index contributed by atoms with van der Waals surface area (Å²) < 4.78 is 13.7. The van der Waals surface area contributed by atoms with Gasteiger partial charge in [-0.1, -0.05) is 29.8 Å². The van der Waals surface area contributed by atoms with Crippen LogP contribution in [0.2, 0.25) is 5.02 Å². The zero-order chi connectivity index (χ0) is 18.8. The van der Waals surface area contributed by atoms with E-state index in [1.54, 1.807) is 42.7 Å². The minimum atomic E-state index is -0.212. The number of hydrogen-bond acceptors (Lipinski definition) is 3. The second-order valence-electron chi connectivity index (χ2n) is 6.21. The Balaban J connectivity index is 1.52. The Hall–Kier alpha value is -3.05. The second-order valence-corrected chi connectivity index (χ2v) is 6.65. The number of benzene rings is 1. The van der Waals surface area contributed by atoms with Crippen LogP contribution in [0.1, 0.15) is 27.2 Å². The van der Waals surface area contributed by atoms with Crippen molar-refractivity contribution >= 4 is 28.4 Å². The number of fused-ring (bicyclic) bond motifs is 1. The summed E-state index contributed by atoms with van der Waals surface area (Å²) in [6, 6.07) is 12.0. The van der Waals surface area contributed by atoms with E-state index in [-0.39, 0.29) is 11.6 Å². The topological polar surface area (TPSA) is 58.6 Å². The van der Waals surface area contributed by atoms with Crippen LogP contribution in [-0.4, -0.2) is 20.7 Å². The largest absolute Gasteiger partial charge is 0.345 e. The summed E-state index contributed by atoms with van der Waals surface area (Å²) in [4.78, 5) is 24.3. The molecule has 1 N–H and O–H groups in total. The number of pyridine rings is 2. The van der Waals surface area contributed by atoms with Gasteiger partial charge in [-0.3, -0.25) is 9.78 Å². The number of nitrogens with zero attached hydrogens (tertiary/aromatic N) is 2. The lowest BCUT2D eigenvalue weighted by Crippen LogP contribution is -2.03. The van der Waals surface area contributed by atoms with E-state index in [0.717, 1.165) is 5.69 Å². The molecule has 4 nitrogen and oxygen atoms in total. The predicted molar refractivity (Wildman–Crippen MR) is 103 cm³/mol. The number of aromatic amines is 1. The van der Waals surface area contributed by atoms with Gasteiger partial charge in [0, 0.05) is 40.8 Å². The van der Waals surface area contributed by atoms with E-state index in [2.05, 4.69) is 15.0 Å². The zero-order valence-electron chi connectivity index (χ0n) is 14.2. The van der Waals surface area contributed by atoms with Crippen LogP contribution in [0.5, 0.6) is 0 Å². The number of aromatic nitrogens is 3. The van der Waals surface area contributed by atoms with Gasteiger partial charge in [-0.05, 0) is 42.7 Å². The Bertz CT molecular complexity index is 1120. The number of rotatable bonds is 5. The molecule has 0 saturated heterocycles. The Morgan fingerprint density at radius 3 is 2.70 bits per heavy atom. The van der Waals surface area contributed by atoms with Crippen LogP contribution < -0.4 is 0 Å². The highest BCUT2D eigenvalue weighted by Crippen LogP contribution is 2.22. The van der Waals surface area contributed by atoms with Crippen molar-refractivity contribution in [2.24, 2.45) is 0 Å². The first kappa shape index (κ1) is 17.4. The van der Waals surface area contributed by atoms with Gasteiger partial charge in [0.05, 0.1) is 5.02 Å². The van der Waals surface area contributed by atoms with Crippen molar-refractivity contribution in [2.75, 3.05) is 0 Å². The van der Waals surface area contributed by atoms with E-state index < -0.39 is 0 Å². The quantitative estimate of drug-likeness (QED) is 0.508. The first-order valence-corrected chi connectivity index (χ1v) is 8.85. The number of H-pyrrole nitrogens is 1. The molecule has 3 heterocycles. The molecule has 4 rings (SSSR count). The minimum absolute atomic E-state index is 0.154. The number of carbonyl (C=O) groups excluding carboxylic acids is 1. The molecule has 0 aliphatic rings. The van der Waals surface area contributed by atoms with Crippen LogP contribution in [0.15, 0.2) is 61.1 Å². The van der Waals surface area contributed by atoms with Gasteiger partial charge in [0.15, 0.2) is 5.78 Å². The van der Waals surface area contributed by atoms with Crippen LogP contribution >= 0.6 is 11.6 Å². The second kappa shape index (κ2) is 7.29. The third kappa shape index (κ3) is 3.59. The summed E-state index contributed by atoms with van der Waals surface area (Å²) in [6.45, 7) is 0. The van der Waals surface area contributed by atoms with Crippen molar-refractivity contribution in [1.29, 1.82) is 0 Å². The molecule has 0 amide bonds. The third-order valence-electron chi connectivity index (χ3n) is 4.44. The Kier molecular flexibility index (Phi) is 4.69. The van der Waals surface area contributed by atoms with Crippen molar-refractivity contribution in [3.63, 3.8) is 0 Å². The monoisotopic (exact) mass is 379 g/mol. The Labute approximate surface area is 160 Å². The van der Waals surface area contributed by atoms with Crippen molar-refractivity contribution in [3.05, 3.63) is 94.3 Å². The maximum atomic E-state index is 13.7. The van der Waals surface area contributed by atoms with E-state index in [1.165, 1.54) is 12.3 Å². The van der Waals surface area contributed by atoms with E-state index >= 15 is 0 Å². The van der Waals surface area contributed by atoms with E-state index in [4.69, 9.17) is 11.6 Å². The summed E-state index contributed by atoms with van der Waals surface area (Å²) >= 11 is 5.99. The number of ketones is 1. The average molecular weight is 380 g/mol. The Morgan fingerprint density at radius 2 is 1.93 bits per heavy atom. The molecule has 1 aromatic carbocycles. The summed E-state index contributed by atoms with van der Waals surface area (Å²) in [7, 11) is 0. The van der Waals surface area contributed by atoms with Crippen molar-refractivity contribution < 1.29 is 9.18 Å². The summed E-state index contributed by atoms with van der Waals surface area (Å²) in [5.74, 6) is -0.366. The molecular weight excluding hydrogens is 365 g/mol. The maximum absolute atomic E-state index is 13.7. The number of carbonyl (C=O) groups is 1.